The van der Waals surface area contributed by atoms with Crippen molar-refractivity contribution in [1.29, 1.82) is 0 Å². The summed E-state index contributed by atoms with van der Waals surface area (Å²) in [6.45, 7) is 2.13. The van der Waals surface area contributed by atoms with Crippen molar-refractivity contribution in [3.05, 3.63) is 59.2 Å². The zero-order valence-corrected chi connectivity index (χ0v) is 15.4. The number of para-hydroxylation sites is 1. The van der Waals surface area contributed by atoms with Crippen LogP contribution in [0.2, 0.25) is 0 Å². The van der Waals surface area contributed by atoms with Gasteiger partial charge in [-0.05, 0) is 23.8 Å². The smallest absolute Gasteiger partial charge is 0.245 e. The molecule has 3 aromatic rings. The first-order valence-corrected chi connectivity index (χ1v) is 9.32. The summed E-state index contributed by atoms with van der Waals surface area (Å²) in [5.41, 5.74) is 3.07. The number of hydrogen-bond acceptors (Lipinski definition) is 3. The van der Waals surface area contributed by atoms with E-state index < -0.39 is 12.1 Å². The molecule has 27 heavy (non-hydrogen) atoms. The Morgan fingerprint density at radius 2 is 2.00 bits per heavy atom. The third-order valence-electron chi connectivity index (χ3n) is 5.75. The van der Waals surface area contributed by atoms with E-state index in [0.29, 0.717) is 12.2 Å². The Morgan fingerprint density at radius 1 is 1.19 bits per heavy atom. The monoisotopic (exact) mass is 363 g/mol. The highest BCUT2D eigenvalue weighted by Gasteiger charge is 2.48. The van der Waals surface area contributed by atoms with Crippen LogP contribution in [0.1, 0.15) is 35.7 Å². The van der Waals surface area contributed by atoms with Crippen LogP contribution in [0.3, 0.4) is 0 Å². The van der Waals surface area contributed by atoms with Gasteiger partial charge in [-0.25, -0.2) is 0 Å². The molecule has 138 valence electrons. The van der Waals surface area contributed by atoms with Gasteiger partial charge in [-0.3, -0.25) is 9.59 Å². The molecule has 0 unspecified atom stereocenters. The first-order chi connectivity index (χ1) is 13.1. The number of fused-ring (bicyclic) bond motifs is 4. The van der Waals surface area contributed by atoms with Crippen molar-refractivity contribution in [3.63, 3.8) is 0 Å². The van der Waals surface area contributed by atoms with E-state index in [0.717, 1.165) is 34.3 Å². The molecule has 2 aliphatic rings. The number of H-pyrrole nitrogens is 1. The van der Waals surface area contributed by atoms with E-state index in [4.69, 9.17) is 4.42 Å². The van der Waals surface area contributed by atoms with E-state index in [2.05, 4.69) is 11.1 Å². The van der Waals surface area contributed by atoms with Gasteiger partial charge in [0.1, 0.15) is 23.6 Å². The Kier molecular flexibility index (Phi) is 3.44. The summed E-state index contributed by atoms with van der Waals surface area (Å²) in [5.74, 6) is 1.51. The lowest BCUT2D eigenvalue weighted by Crippen LogP contribution is -2.62. The van der Waals surface area contributed by atoms with Gasteiger partial charge >= 0.3 is 0 Å². The number of aromatic nitrogens is 1. The number of hydrogen-bond donors (Lipinski definition) is 1. The molecular formula is C21H21N3O3. The van der Waals surface area contributed by atoms with Gasteiger partial charge in [0, 0.05) is 30.8 Å². The number of benzene rings is 1. The van der Waals surface area contributed by atoms with Gasteiger partial charge in [0.05, 0.1) is 12.2 Å². The van der Waals surface area contributed by atoms with Gasteiger partial charge in [0.15, 0.2) is 0 Å². The number of aryl methyl sites for hydroxylation is 1. The minimum Gasteiger partial charge on any atom is -0.463 e. The van der Waals surface area contributed by atoms with E-state index in [1.807, 2.05) is 37.3 Å². The normalized spacial score (nSPS) is 22.3. The fourth-order valence-corrected chi connectivity index (χ4v) is 4.44. The van der Waals surface area contributed by atoms with Crippen LogP contribution in [0.15, 0.2) is 40.8 Å². The Labute approximate surface area is 156 Å². The highest BCUT2D eigenvalue weighted by molar-refractivity contribution is 5.97. The van der Waals surface area contributed by atoms with E-state index in [-0.39, 0.29) is 18.4 Å². The standard InChI is InChI=1S/C21H21N3O3/c1-3-12-8-9-17(27-12)20-19-14(13-6-4-5-7-15(13)22-19)10-16-21(26)23(2)11-18(25)24(16)20/h4-9,16,20,22H,3,10-11H2,1-2H3/t16-,20+/m0/s1. The van der Waals surface area contributed by atoms with Gasteiger partial charge in [-0.2, -0.15) is 0 Å². The summed E-state index contributed by atoms with van der Waals surface area (Å²) in [4.78, 5) is 32.6. The minimum atomic E-state index is -0.497. The number of carbonyl (C=O) groups excluding carboxylic acids is 2. The number of nitrogens with one attached hydrogen (secondary N) is 1. The highest BCUT2D eigenvalue weighted by Crippen LogP contribution is 2.42. The summed E-state index contributed by atoms with van der Waals surface area (Å²) in [6.07, 6.45) is 1.30. The number of furan rings is 1. The zero-order valence-electron chi connectivity index (χ0n) is 15.4. The number of nitrogens with zero attached hydrogens (tertiary/aromatic N) is 2. The van der Waals surface area contributed by atoms with Crippen molar-refractivity contribution >= 4 is 22.7 Å². The number of amides is 2. The second-order valence-corrected chi connectivity index (χ2v) is 7.34. The average Bonchev–Trinajstić information content (AvgIpc) is 3.29. The molecule has 1 aromatic carbocycles. The molecule has 0 spiro atoms. The van der Waals surface area contributed by atoms with Gasteiger partial charge in [-0.15, -0.1) is 0 Å². The fourth-order valence-electron chi connectivity index (χ4n) is 4.44. The number of carbonyl (C=O) groups is 2. The molecule has 6 heteroatoms. The van der Waals surface area contributed by atoms with Crippen molar-refractivity contribution in [3.8, 4) is 0 Å². The minimum absolute atomic E-state index is 0.0159. The SMILES string of the molecule is CCc1ccc([C@@H]2c3[nH]c4ccccc4c3C[C@H]3C(=O)N(C)CC(=O)N23)o1. The predicted molar refractivity (Wildman–Crippen MR) is 100 cm³/mol. The largest absolute Gasteiger partial charge is 0.463 e. The summed E-state index contributed by atoms with van der Waals surface area (Å²) in [7, 11) is 1.69. The second-order valence-electron chi connectivity index (χ2n) is 7.34. The Hall–Kier alpha value is -3.02. The first kappa shape index (κ1) is 16.2. The molecule has 1 fully saturated rings. The fraction of sp³-hybridized carbons (Fsp3) is 0.333. The van der Waals surface area contributed by atoms with Crippen LogP contribution in [0.4, 0.5) is 0 Å². The number of piperazine rings is 1. The molecule has 0 radical (unpaired) electrons. The predicted octanol–water partition coefficient (Wildman–Crippen LogP) is 2.64. The highest BCUT2D eigenvalue weighted by atomic mass is 16.3. The maximum absolute atomic E-state index is 12.9. The summed E-state index contributed by atoms with van der Waals surface area (Å²) < 4.78 is 6.05. The maximum Gasteiger partial charge on any atom is 0.245 e. The third-order valence-corrected chi connectivity index (χ3v) is 5.75. The lowest BCUT2D eigenvalue weighted by atomic mass is 9.88. The second kappa shape index (κ2) is 5.74. The first-order valence-electron chi connectivity index (χ1n) is 9.32. The van der Waals surface area contributed by atoms with E-state index >= 15 is 0 Å². The van der Waals surface area contributed by atoms with E-state index in [9.17, 15) is 9.59 Å². The molecule has 6 nitrogen and oxygen atoms in total. The van der Waals surface area contributed by atoms with Gasteiger partial charge < -0.3 is 19.2 Å². The Bertz CT molecular complexity index is 1060. The molecule has 2 aromatic heterocycles. The molecule has 2 aliphatic heterocycles. The topological polar surface area (TPSA) is 69.6 Å². The number of likely N-dealkylation sites (N-methyl/N-ethyl adjacent to an activating group) is 1. The van der Waals surface area contributed by atoms with Crippen LogP contribution >= 0.6 is 0 Å². The van der Waals surface area contributed by atoms with E-state index in [1.54, 1.807) is 11.9 Å². The number of aromatic amines is 1. The van der Waals surface area contributed by atoms with Crippen LogP contribution < -0.4 is 0 Å². The van der Waals surface area contributed by atoms with Crippen LogP contribution in [0, 0.1) is 0 Å². The molecular weight excluding hydrogens is 342 g/mol. The van der Waals surface area contributed by atoms with Gasteiger partial charge in [-0.1, -0.05) is 25.1 Å². The summed E-state index contributed by atoms with van der Waals surface area (Å²) in [6, 6.07) is 11.0. The van der Waals surface area contributed by atoms with Crippen LogP contribution in [-0.2, 0) is 22.4 Å². The van der Waals surface area contributed by atoms with Crippen molar-refractivity contribution in [2.45, 2.75) is 31.8 Å². The summed E-state index contributed by atoms with van der Waals surface area (Å²) >= 11 is 0. The number of rotatable bonds is 2. The summed E-state index contributed by atoms with van der Waals surface area (Å²) in [5, 5.41) is 1.10. The lowest BCUT2D eigenvalue weighted by Gasteiger charge is -2.45. The molecule has 2 atom stereocenters. The van der Waals surface area contributed by atoms with Gasteiger partial charge in [0.2, 0.25) is 11.8 Å². The molecule has 5 rings (SSSR count). The maximum atomic E-state index is 12.9. The third kappa shape index (κ3) is 2.25. The van der Waals surface area contributed by atoms with Crippen molar-refractivity contribution in [2.24, 2.45) is 0 Å². The van der Waals surface area contributed by atoms with Gasteiger partial charge in [0.25, 0.3) is 0 Å². The van der Waals surface area contributed by atoms with E-state index in [1.165, 1.54) is 4.90 Å². The average molecular weight is 363 g/mol. The quantitative estimate of drug-likeness (QED) is 0.761. The molecule has 0 aliphatic carbocycles. The van der Waals surface area contributed by atoms with Crippen LogP contribution in [0.25, 0.3) is 10.9 Å². The molecule has 2 amide bonds. The zero-order chi connectivity index (χ0) is 18.7. The van der Waals surface area contributed by atoms with Crippen molar-refractivity contribution in [2.75, 3.05) is 13.6 Å². The van der Waals surface area contributed by atoms with Crippen LogP contribution in [0.5, 0.6) is 0 Å². The Balaban J connectivity index is 1.75. The molecule has 1 saturated heterocycles. The van der Waals surface area contributed by atoms with Crippen molar-refractivity contribution < 1.29 is 14.0 Å². The molecule has 4 heterocycles. The van der Waals surface area contributed by atoms with Crippen LogP contribution in [-0.4, -0.2) is 46.2 Å². The molecule has 0 saturated carbocycles. The van der Waals surface area contributed by atoms with Crippen molar-refractivity contribution in [1.82, 2.24) is 14.8 Å². The molecule has 0 bridgehead atoms. The Morgan fingerprint density at radius 3 is 2.78 bits per heavy atom. The lowest BCUT2D eigenvalue weighted by molar-refractivity contribution is -0.157. The molecule has 1 N–H and O–H groups in total.